The van der Waals surface area contributed by atoms with Crippen molar-refractivity contribution in [1.82, 2.24) is 10.3 Å². The van der Waals surface area contributed by atoms with Crippen LogP contribution in [0.25, 0.3) is 0 Å². The fourth-order valence-corrected chi connectivity index (χ4v) is 1.23. The first-order valence-corrected chi connectivity index (χ1v) is 4.36. The first-order chi connectivity index (χ1) is 6.96. The summed E-state index contributed by atoms with van der Waals surface area (Å²) in [4.78, 5) is 3.40. The Morgan fingerprint density at radius 2 is 2.13 bits per heavy atom. The summed E-state index contributed by atoms with van der Waals surface area (Å²) < 4.78 is 50.7. The topological polar surface area (TPSA) is 24.9 Å². The van der Waals surface area contributed by atoms with E-state index in [-0.39, 0.29) is 6.54 Å². The van der Waals surface area contributed by atoms with Gasteiger partial charge in [-0.3, -0.25) is 4.98 Å². The summed E-state index contributed by atoms with van der Waals surface area (Å²) in [5.74, 6) is -0.958. The number of rotatable bonds is 3. The van der Waals surface area contributed by atoms with Crippen molar-refractivity contribution < 1.29 is 17.6 Å². The number of hydrogen-bond donors (Lipinski definition) is 1. The lowest BCUT2D eigenvalue weighted by molar-refractivity contribution is -0.158. The summed E-state index contributed by atoms with van der Waals surface area (Å²) in [6.07, 6.45) is -2.61. The van der Waals surface area contributed by atoms with Crippen LogP contribution in [-0.4, -0.2) is 17.7 Å². The molecule has 1 N–H and O–H groups in total. The maximum atomic E-state index is 13.1. The maximum Gasteiger partial charge on any atom is 0.408 e. The molecule has 6 heteroatoms. The monoisotopic (exact) mass is 222 g/mol. The average Bonchev–Trinajstić information content (AvgIpc) is 2.14. The molecule has 0 aliphatic heterocycles. The molecule has 15 heavy (non-hydrogen) atoms. The van der Waals surface area contributed by atoms with Crippen LogP contribution in [0.1, 0.15) is 18.5 Å². The molecule has 1 aromatic rings. The van der Waals surface area contributed by atoms with Crippen molar-refractivity contribution in [2.75, 3.05) is 6.54 Å². The Bertz CT molecular complexity index is 324. The highest BCUT2D eigenvalue weighted by Gasteiger charge is 2.41. The minimum Gasteiger partial charge on any atom is -0.303 e. The average molecular weight is 222 g/mol. The summed E-state index contributed by atoms with van der Waals surface area (Å²) in [6, 6.07) is -0.957. The summed E-state index contributed by atoms with van der Waals surface area (Å²) in [5, 5.41) is 2.19. The summed E-state index contributed by atoms with van der Waals surface area (Å²) in [5.41, 5.74) is -0.431. The largest absolute Gasteiger partial charge is 0.408 e. The Labute approximate surface area is 84.3 Å². The molecule has 0 saturated carbocycles. The van der Waals surface area contributed by atoms with E-state index in [2.05, 4.69) is 10.3 Å². The molecule has 0 aliphatic rings. The van der Waals surface area contributed by atoms with Gasteiger partial charge in [-0.2, -0.15) is 13.2 Å². The zero-order valence-electron chi connectivity index (χ0n) is 7.98. The second kappa shape index (κ2) is 4.57. The second-order valence-corrected chi connectivity index (χ2v) is 2.93. The molecule has 2 nitrogen and oxygen atoms in total. The molecular weight excluding hydrogens is 212 g/mol. The highest BCUT2D eigenvalue weighted by molar-refractivity contribution is 5.19. The standard InChI is InChI=1S/C9H10F4N2/c1-2-15-8(9(11,12)13)6-3-4-14-5-7(6)10/h3-5,8,15H,2H2,1H3. The summed E-state index contributed by atoms with van der Waals surface area (Å²) in [6.45, 7) is 1.63. The third kappa shape index (κ3) is 2.89. The SMILES string of the molecule is CCNC(c1ccncc1F)C(F)(F)F. The molecular formula is C9H10F4N2. The van der Waals surface area contributed by atoms with Crippen LogP contribution in [0.5, 0.6) is 0 Å². The molecule has 1 heterocycles. The Morgan fingerprint density at radius 1 is 1.47 bits per heavy atom. The number of nitrogens with zero attached hydrogens (tertiary/aromatic N) is 1. The van der Waals surface area contributed by atoms with Gasteiger partial charge in [0.2, 0.25) is 0 Å². The van der Waals surface area contributed by atoms with E-state index in [4.69, 9.17) is 0 Å². The van der Waals surface area contributed by atoms with Crippen molar-refractivity contribution in [2.45, 2.75) is 19.1 Å². The molecule has 1 rings (SSSR count). The normalized spacial score (nSPS) is 13.9. The number of alkyl halides is 3. The van der Waals surface area contributed by atoms with Crippen LogP contribution in [-0.2, 0) is 0 Å². The summed E-state index contributed by atoms with van der Waals surface area (Å²) >= 11 is 0. The van der Waals surface area contributed by atoms with Gasteiger partial charge in [-0.25, -0.2) is 4.39 Å². The van der Waals surface area contributed by atoms with Gasteiger partial charge in [0.25, 0.3) is 0 Å². The molecule has 1 aromatic heterocycles. The van der Waals surface area contributed by atoms with Gasteiger partial charge in [-0.1, -0.05) is 6.92 Å². The van der Waals surface area contributed by atoms with Gasteiger partial charge in [0.15, 0.2) is 0 Å². The van der Waals surface area contributed by atoms with Gasteiger partial charge in [-0.05, 0) is 12.6 Å². The summed E-state index contributed by atoms with van der Waals surface area (Å²) in [7, 11) is 0. The van der Waals surface area contributed by atoms with Crippen LogP contribution >= 0.6 is 0 Å². The van der Waals surface area contributed by atoms with E-state index in [1.165, 1.54) is 6.92 Å². The van der Waals surface area contributed by atoms with Gasteiger partial charge in [0.1, 0.15) is 11.9 Å². The molecule has 0 bridgehead atoms. The van der Waals surface area contributed by atoms with Crippen LogP contribution in [0.2, 0.25) is 0 Å². The van der Waals surface area contributed by atoms with Gasteiger partial charge >= 0.3 is 6.18 Å². The van der Waals surface area contributed by atoms with Crippen LogP contribution in [0, 0.1) is 5.82 Å². The van der Waals surface area contributed by atoms with E-state index in [0.29, 0.717) is 0 Å². The number of hydrogen-bond acceptors (Lipinski definition) is 2. The van der Waals surface area contributed by atoms with Gasteiger partial charge in [0, 0.05) is 11.8 Å². The van der Waals surface area contributed by atoms with Gasteiger partial charge < -0.3 is 5.32 Å². The lowest BCUT2D eigenvalue weighted by atomic mass is 10.1. The lowest BCUT2D eigenvalue weighted by Crippen LogP contribution is -2.34. The maximum absolute atomic E-state index is 13.1. The minimum absolute atomic E-state index is 0.103. The first-order valence-electron chi connectivity index (χ1n) is 4.36. The predicted octanol–water partition coefficient (Wildman–Crippen LogP) is 2.43. The van der Waals surface area contributed by atoms with Gasteiger partial charge in [0.05, 0.1) is 6.20 Å². The Morgan fingerprint density at radius 3 is 2.60 bits per heavy atom. The Kier molecular flexibility index (Phi) is 3.62. The van der Waals surface area contributed by atoms with Crippen molar-refractivity contribution in [3.63, 3.8) is 0 Å². The molecule has 0 amide bonds. The number of halogens is 4. The molecule has 1 atom stereocenters. The van der Waals surface area contributed by atoms with Crippen LogP contribution in [0.15, 0.2) is 18.5 Å². The Balaban J connectivity index is 3.05. The Hall–Kier alpha value is -1.17. The van der Waals surface area contributed by atoms with Crippen LogP contribution < -0.4 is 5.32 Å². The van der Waals surface area contributed by atoms with Crippen LogP contribution in [0.4, 0.5) is 17.6 Å². The smallest absolute Gasteiger partial charge is 0.303 e. The van der Waals surface area contributed by atoms with Crippen molar-refractivity contribution in [2.24, 2.45) is 0 Å². The molecule has 0 aliphatic carbocycles. The van der Waals surface area contributed by atoms with E-state index in [1.807, 2.05) is 0 Å². The molecule has 0 saturated heterocycles. The third-order valence-electron chi connectivity index (χ3n) is 1.85. The highest BCUT2D eigenvalue weighted by atomic mass is 19.4. The third-order valence-corrected chi connectivity index (χ3v) is 1.85. The molecule has 0 radical (unpaired) electrons. The molecule has 84 valence electrons. The molecule has 0 spiro atoms. The zero-order chi connectivity index (χ0) is 11.5. The van der Waals surface area contributed by atoms with E-state index in [1.54, 1.807) is 0 Å². The van der Waals surface area contributed by atoms with Crippen molar-refractivity contribution in [1.29, 1.82) is 0 Å². The van der Waals surface area contributed by atoms with E-state index in [0.717, 1.165) is 18.5 Å². The number of pyridine rings is 1. The quantitative estimate of drug-likeness (QED) is 0.794. The van der Waals surface area contributed by atoms with Crippen molar-refractivity contribution in [3.8, 4) is 0 Å². The highest BCUT2D eigenvalue weighted by Crippen LogP contribution is 2.33. The van der Waals surface area contributed by atoms with Gasteiger partial charge in [-0.15, -0.1) is 0 Å². The molecule has 0 fully saturated rings. The minimum atomic E-state index is -4.52. The second-order valence-electron chi connectivity index (χ2n) is 2.93. The van der Waals surface area contributed by atoms with Crippen molar-refractivity contribution in [3.05, 3.63) is 29.8 Å². The van der Waals surface area contributed by atoms with Crippen molar-refractivity contribution >= 4 is 0 Å². The fraction of sp³-hybridized carbons (Fsp3) is 0.444. The van der Waals surface area contributed by atoms with E-state index in [9.17, 15) is 17.6 Å². The predicted molar refractivity (Wildman–Crippen MR) is 46.7 cm³/mol. The first kappa shape index (κ1) is 11.9. The molecule has 1 unspecified atom stereocenters. The number of aromatic nitrogens is 1. The fourth-order valence-electron chi connectivity index (χ4n) is 1.23. The lowest BCUT2D eigenvalue weighted by Gasteiger charge is -2.21. The van der Waals surface area contributed by atoms with E-state index < -0.39 is 23.6 Å². The zero-order valence-corrected chi connectivity index (χ0v) is 7.98. The number of nitrogens with one attached hydrogen (secondary N) is 1. The molecule has 0 aromatic carbocycles. The van der Waals surface area contributed by atoms with Crippen LogP contribution in [0.3, 0.4) is 0 Å². The van der Waals surface area contributed by atoms with E-state index >= 15 is 0 Å².